The van der Waals surface area contributed by atoms with Crippen molar-refractivity contribution >= 4 is 60.5 Å². The first-order valence-corrected chi connectivity index (χ1v) is 18.9. The number of ketones is 1. The minimum absolute atomic E-state index is 0.0208. The molecule has 0 aliphatic rings. The van der Waals surface area contributed by atoms with Gasteiger partial charge in [-0.1, -0.05) is 12.1 Å². The van der Waals surface area contributed by atoms with Gasteiger partial charge < -0.3 is 49.6 Å². The van der Waals surface area contributed by atoms with E-state index in [-0.39, 0.29) is 89.3 Å². The second-order valence-electron chi connectivity index (χ2n) is 13.6. The van der Waals surface area contributed by atoms with E-state index in [1.54, 1.807) is 26.2 Å². The van der Waals surface area contributed by atoms with Crippen LogP contribution in [0.4, 0.5) is 21.2 Å². The number of aromatic nitrogens is 4. The summed E-state index contributed by atoms with van der Waals surface area (Å²) in [6, 6.07) is 10.3. The molecule has 0 saturated carbocycles. The highest BCUT2D eigenvalue weighted by Crippen LogP contribution is 2.36. The summed E-state index contributed by atoms with van der Waals surface area (Å²) in [4.78, 5) is 110. The summed E-state index contributed by atoms with van der Waals surface area (Å²) >= 11 is 0. The summed E-state index contributed by atoms with van der Waals surface area (Å²) in [6.07, 6.45) is -0.411. The molecule has 0 aliphatic carbocycles. The van der Waals surface area contributed by atoms with Gasteiger partial charge in [0.25, 0.3) is 11.5 Å². The van der Waals surface area contributed by atoms with Gasteiger partial charge in [-0.2, -0.15) is 4.98 Å². The Kier molecular flexibility index (Phi) is 14.7. The maximum atomic E-state index is 13.6. The van der Waals surface area contributed by atoms with Crippen molar-refractivity contribution in [2.24, 2.45) is 0 Å². The van der Waals surface area contributed by atoms with Crippen molar-refractivity contribution in [1.29, 1.82) is 0 Å². The van der Waals surface area contributed by atoms with Crippen molar-refractivity contribution in [1.82, 2.24) is 30.2 Å². The fourth-order valence-corrected chi connectivity index (χ4v) is 5.44. The van der Waals surface area contributed by atoms with Gasteiger partial charge in [0.15, 0.2) is 17.9 Å². The van der Waals surface area contributed by atoms with Gasteiger partial charge in [-0.15, -0.1) is 0 Å². The lowest BCUT2D eigenvalue weighted by atomic mass is 10.1. The number of nitrogens with two attached hydrogens (primary N) is 1. The smallest absolute Gasteiger partial charge is 0.474 e. The van der Waals surface area contributed by atoms with Crippen molar-refractivity contribution in [3.05, 3.63) is 81.9 Å². The van der Waals surface area contributed by atoms with Crippen LogP contribution in [-0.4, -0.2) is 121 Å². The van der Waals surface area contributed by atoms with Gasteiger partial charge in [-0.3, -0.25) is 19.5 Å². The fraction of sp³-hybridized carbons (Fsp3) is 0.343. The molecule has 1 unspecified atom stereocenters. The van der Waals surface area contributed by atoms with E-state index >= 15 is 0 Å². The zero-order chi connectivity index (χ0) is 42.8. The summed E-state index contributed by atoms with van der Waals surface area (Å²) < 4.78 is 26.7. The highest BCUT2D eigenvalue weighted by atomic mass is 31.2. The SMILES string of the molecule is CC(=O)CCC(NC(=O)c1ccc(N(Cc2cnc3nc(N)[nH]c(=O)c3n2)C(=O)OCc2ccc(OC(=O)N(C)CC[N+](C)(C)COP(=O)(O)O)cc2)cc1)C(=O)O. The Morgan fingerprint density at radius 1 is 1.02 bits per heavy atom. The first-order chi connectivity index (χ1) is 27.2. The number of aromatic amines is 1. The van der Waals surface area contributed by atoms with Crippen LogP contribution < -0.4 is 26.2 Å². The van der Waals surface area contributed by atoms with E-state index < -0.39 is 43.5 Å². The highest BCUT2D eigenvalue weighted by Gasteiger charge is 2.26. The number of rotatable bonds is 18. The number of amides is 3. The topological polar surface area (TPSA) is 307 Å². The second kappa shape index (κ2) is 19.2. The Hall–Kier alpha value is -6.32. The normalized spacial score (nSPS) is 12.0. The number of nitrogens with zero attached hydrogens (tertiary/aromatic N) is 6. The Labute approximate surface area is 330 Å². The molecule has 3 amide bonds. The molecule has 2 heterocycles. The number of carboxylic acids is 1. The molecular weight excluding hydrogens is 785 g/mol. The monoisotopic (exact) mass is 828 g/mol. The number of quaternary nitrogens is 1. The average molecular weight is 829 g/mol. The number of anilines is 2. The summed E-state index contributed by atoms with van der Waals surface area (Å²) in [6.45, 7) is 0.996. The van der Waals surface area contributed by atoms with Crippen molar-refractivity contribution in [3.63, 3.8) is 0 Å². The molecule has 0 bridgehead atoms. The number of carbonyl (C=O) groups is 5. The third-order valence-corrected chi connectivity index (χ3v) is 8.73. The van der Waals surface area contributed by atoms with Crippen molar-refractivity contribution < 1.29 is 61.9 Å². The largest absolute Gasteiger partial charge is 0.480 e. The number of carbonyl (C=O) groups excluding carboxylic acids is 4. The molecule has 0 aliphatic heterocycles. The second-order valence-corrected chi connectivity index (χ2v) is 14.9. The number of carboxylic acid groups (broad SMARTS) is 1. The third kappa shape index (κ3) is 13.4. The predicted molar refractivity (Wildman–Crippen MR) is 204 cm³/mol. The average Bonchev–Trinajstić information content (AvgIpc) is 3.16. The van der Waals surface area contributed by atoms with Gasteiger partial charge >= 0.3 is 26.0 Å². The van der Waals surface area contributed by atoms with Crippen molar-refractivity contribution in [2.45, 2.75) is 39.0 Å². The molecule has 4 aromatic rings. The number of fused-ring (bicyclic) bond motifs is 1. The molecule has 58 heavy (non-hydrogen) atoms. The number of hydrogen-bond acceptors (Lipinski definition) is 14. The minimum Gasteiger partial charge on any atom is -0.480 e. The third-order valence-electron chi connectivity index (χ3n) is 8.27. The van der Waals surface area contributed by atoms with E-state index in [9.17, 15) is 38.4 Å². The maximum absolute atomic E-state index is 13.6. The molecule has 7 N–H and O–H groups in total. The van der Waals surface area contributed by atoms with Crippen LogP contribution in [0.3, 0.4) is 0 Å². The fourth-order valence-electron chi connectivity index (χ4n) is 4.97. The summed E-state index contributed by atoms with van der Waals surface area (Å²) in [7, 11) is 0.189. The van der Waals surface area contributed by atoms with Gasteiger partial charge in [0.05, 0.1) is 45.6 Å². The standard InChI is InChI=1S/C35H42N9O13P/c1-21(45)5-14-27(32(48)49)39-30(46)23-8-10-25(11-9-23)43(18-24-17-37-29-28(38-24)31(47)41-33(36)40-29)35(51)55-19-22-6-12-26(13-7-22)57-34(50)42(2)15-16-44(3,4)20-56-58(52,53)54/h6-13,17,27H,5,14-16,18-20H2,1-4H3,(H6-,36,37,39,40,41,46,47,48,49,52,53,54)/p+1. The number of Topliss-reactive ketones (excluding diaryl/α,β-unsaturated/α-hetero) is 1. The van der Waals surface area contributed by atoms with Gasteiger partial charge in [0.1, 0.15) is 24.2 Å². The van der Waals surface area contributed by atoms with Gasteiger partial charge in [-0.25, -0.2) is 33.4 Å². The highest BCUT2D eigenvalue weighted by molar-refractivity contribution is 7.46. The molecule has 0 saturated heterocycles. The quantitative estimate of drug-likeness (QED) is 0.0473. The molecule has 1 atom stereocenters. The molecule has 0 fully saturated rings. The van der Waals surface area contributed by atoms with E-state index in [1.165, 1.54) is 61.5 Å². The van der Waals surface area contributed by atoms with Crippen LogP contribution in [0.5, 0.6) is 5.75 Å². The van der Waals surface area contributed by atoms with Crippen LogP contribution in [0.15, 0.2) is 59.5 Å². The zero-order valence-corrected chi connectivity index (χ0v) is 32.7. The number of phosphoric acid groups is 1. The Morgan fingerprint density at radius 2 is 1.69 bits per heavy atom. The lowest BCUT2D eigenvalue weighted by molar-refractivity contribution is -0.905. The van der Waals surface area contributed by atoms with Crippen LogP contribution in [0.2, 0.25) is 0 Å². The number of nitrogens with one attached hydrogen (secondary N) is 2. The van der Waals surface area contributed by atoms with Gasteiger partial charge in [-0.05, 0) is 55.3 Å². The molecule has 23 heteroatoms. The number of aliphatic carboxylic acids is 1. The predicted octanol–water partition coefficient (Wildman–Crippen LogP) is 1.76. The van der Waals surface area contributed by atoms with Crippen LogP contribution in [0.1, 0.15) is 41.4 Å². The number of phosphoric ester groups is 1. The van der Waals surface area contributed by atoms with Crippen molar-refractivity contribution in [2.75, 3.05) is 51.6 Å². The maximum Gasteiger partial charge on any atom is 0.474 e. The molecule has 2 aromatic heterocycles. The van der Waals surface area contributed by atoms with E-state index in [2.05, 4.69) is 29.8 Å². The first kappa shape index (κ1) is 44.4. The number of nitrogen functional groups attached to an aromatic ring is 1. The van der Waals surface area contributed by atoms with Crippen LogP contribution >= 0.6 is 7.82 Å². The van der Waals surface area contributed by atoms with E-state index in [0.717, 1.165) is 4.90 Å². The van der Waals surface area contributed by atoms with E-state index in [4.69, 9.17) is 25.0 Å². The van der Waals surface area contributed by atoms with E-state index in [0.29, 0.717) is 12.1 Å². The van der Waals surface area contributed by atoms with Crippen LogP contribution in [0.25, 0.3) is 11.2 Å². The molecule has 310 valence electrons. The summed E-state index contributed by atoms with van der Waals surface area (Å²) in [5.74, 6) is -2.24. The molecule has 4 rings (SSSR count). The molecular formula is C35H43N9O13P+. The number of hydrogen-bond donors (Lipinski definition) is 6. The molecule has 0 spiro atoms. The number of benzene rings is 2. The molecule has 0 radical (unpaired) electrons. The number of ether oxygens (including phenoxy) is 2. The van der Waals surface area contributed by atoms with Gasteiger partial charge in [0, 0.05) is 24.7 Å². The van der Waals surface area contributed by atoms with E-state index in [1.807, 2.05) is 0 Å². The number of H-pyrrole nitrogens is 1. The molecule has 22 nitrogen and oxygen atoms in total. The van der Waals surface area contributed by atoms with Crippen LogP contribution in [0, 0.1) is 0 Å². The Morgan fingerprint density at radius 3 is 2.31 bits per heavy atom. The Balaban J connectivity index is 1.45. The zero-order valence-electron chi connectivity index (χ0n) is 31.9. The minimum atomic E-state index is -4.65. The lowest BCUT2D eigenvalue weighted by Gasteiger charge is -2.30. The number of likely N-dealkylation sites (N-methyl/N-ethyl adjacent to an activating group) is 2. The van der Waals surface area contributed by atoms with Crippen molar-refractivity contribution in [3.8, 4) is 5.75 Å². The summed E-state index contributed by atoms with van der Waals surface area (Å²) in [5.41, 5.74) is 5.76. The summed E-state index contributed by atoms with van der Waals surface area (Å²) in [5, 5.41) is 11.9. The first-order valence-electron chi connectivity index (χ1n) is 17.3. The molecule has 2 aromatic carbocycles. The van der Waals surface area contributed by atoms with Gasteiger partial charge in [0.2, 0.25) is 5.95 Å². The van der Waals surface area contributed by atoms with Crippen LogP contribution in [-0.2, 0) is 36.6 Å². The Bertz CT molecular complexity index is 2250. The lowest BCUT2D eigenvalue weighted by Crippen LogP contribution is -2.47.